The Morgan fingerprint density at radius 1 is 1.21 bits per heavy atom. The van der Waals surface area contributed by atoms with Crippen molar-refractivity contribution in [3.63, 3.8) is 0 Å². The van der Waals surface area contributed by atoms with Gasteiger partial charge in [-0.2, -0.15) is 0 Å². The Morgan fingerprint density at radius 2 is 1.92 bits per heavy atom. The minimum atomic E-state index is -0.385. The molecule has 1 unspecified atom stereocenters. The highest BCUT2D eigenvalue weighted by molar-refractivity contribution is 7.98. The van der Waals surface area contributed by atoms with Gasteiger partial charge in [0.15, 0.2) is 0 Å². The first-order chi connectivity index (χ1) is 11.5. The van der Waals surface area contributed by atoms with Crippen molar-refractivity contribution in [2.24, 2.45) is 0 Å². The number of fused-ring (bicyclic) bond motifs is 1. The van der Waals surface area contributed by atoms with Crippen LogP contribution in [0.25, 0.3) is 5.76 Å². The molecule has 3 rings (SSSR count). The summed E-state index contributed by atoms with van der Waals surface area (Å²) in [5.41, 5.74) is 3.88. The quantitative estimate of drug-likeness (QED) is 0.565. The van der Waals surface area contributed by atoms with E-state index in [1.807, 2.05) is 6.92 Å². The zero-order chi connectivity index (χ0) is 17.3. The molecule has 4 heteroatoms. The number of rotatable bonds is 4. The van der Waals surface area contributed by atoms with E-state index in [2.05, 4.69) is 30.5 Å². The predicted molar refractivity (Wildman–Crippen MR) is 95.4 cm³/mol. The van der Waals surface area contributed by atoms with Crippen LogP contribution in [0.1, 0.15) is 36.5 Å². The third-order valence-electron chi connectivity index (χ3n) is 4.36. The molecule has 0 amide bonds. The maximum absolute atomic E-state index is 13.7. The molecule has 0 N–H and O–H groups in total. The summed E-state index contributed by atoms with van der Waals surface area (Å²) < 4.78 is 19.1. The summed E-state index contributed by atoms with van der Waals surface area (Å²) in [6.45, 7) is 3.32. The molecule has 0 spiro atoms. The van der Waals surface area contributed by atoms with E-state index in [-0.39, 0.29) is 17.7 Å². The van der Waals surface area contributed by atoms with E-state index < -0.39 is 0 Å². The molecule has 1 aliphatic carbocycles. The van der Waals surface area contributed by atoms with Gasteiger partial charge in [-0.05, 0) is 60.6 Å². The molecule has 0 saturated heterocycles. The van der Waals surface area contributed by atoms with Crippen molar-refractivity contribution in [3.8, 4) is 0 Å². The van der Waals surface area contributed by atoms with Crippen LogP contribution in [0.15, 0.2) is 52.9 Å². The molecule has 0 radical (unpaired) electrons. The summed E-state index contributed by atoms with van der Waals surface area (Å²) in [5, 5.41) is 0. The normalized spacial score (nSPS) is 16.2. The average molecular weight is 342 g/mol. The van der Waals surface area contributed by atoms with Gasteiger partial charge in [-0.15, -0.1) is 11.8 Å². The second-order valence-corrected chi connectivity index (χ2v) is 6.82. The molecular weight excluding hydrogens is 323 g/mol. The highest BCUT2D eigenvalue weighted by Crippen LogP contribution is 2.44. The topological polar surface area (TPSA) is 26.3 Å². The lowest BCUT2D eigenvalue weighted by Crippen LogP contribution is -2.02. The number of allylic oxidation sites excluding steroid dienone is 1. The Morgan fingerprint density at radius 3 is 2.54 bits per heavy atom. The average Bonchev–Trinajstić information content (AvgIpc) is 2.80. The summed E-state index contributed by atoms with van der Waals surface area (Å²) in [7, 11) is 0. The summed E-state index contributed by atoms with van der Waals surface area (Å²) in [5.74, 6) is -0.112. The summed E-state index contributed by atoms with van der Waals surface area (Å²) >= 11 is 1.71. The fourth-order valence-corrected chi connectivity index (χ4v) is 3.58. The van der Waals surface area contributed by atoms with Crippen LogP contribution < -0.4 is 0 Å². The maximum atomic E-state index is 13.7. The molecule has 1 aliphatic rings. The molecular formula is C20H19FO2S. The minimum absolute atomic E-state index is 0.0927. The van der Waals surface area contributed by atoms with Crippen LogP contribution in [0.4, 0.5) is 4.39 Å². The largest absolute Gasteiger partial charge is 0.426 e. The lowest BCUT2D eigenvalue weighted by atomic mass is 9.90. The van der Waals surface area contributed by atoms with Gasteiger partial charge < -0.3 is 4.74 Å². The van der Waals surface area contributed by atoms with E-state index in [0.29, 0.717) is 11.3 Å². The Labute approximate surface area is 145 Å². The van der Waals surface area contributed by atoms with Crippen LogP contribution in [0.3, 0.4) is 0 Å². The highest BCUT2D eigenvalue weighted by Gasteiger charge is 2.31. The first kappa shape index (κ1) is 16.8. The van der Waals surface area contributed by atoms with Crippen LogP contribution in [0.5, 0.6) is 0 Å². The molecule has 0 fully saturated rings. The zero-order valence-corrected chi connectivity index (χ0v) is 14.7. The van der Waals surface area contributed by atoms with Crippen LogP contribution in [0, 0.1) is 5.82 Å². The molecule has 0 aromatic heterocycles. The van der Waals surface area contributed by atoms with E-state index in [4.69, 9.17) is 4.74 Å². The Balaban J connectivity index is 1.97. The summed E-state index contributed by atoms with van der Waals surface area (Å²) in [4.78, 5) is 12.6. The van der Waals surface area contributed by atoms with Gasteiger partial charge in [0.25, 0.3) is 0 Å². The molecule has 2 nitrogen and oxygen atoms in total. The Hall–Kier alpha value is -2.07. The molecule has 0 bridgehead atoms. The van der Waals surface area contributed by atoms with Crippen LogP contribution in [-0.2, 0) is 16.0 Å². The van der Waals surface area contributed by atoms with E-state index in [9.17, 15) is 9.18 Å². The van der Waals surface area contributed by atoms with Crippen LogP contribution in [0.2, 0.25) is 0 Å². The van der Waals surface area contributed by atoms with Gasteiger partial charge in [0, 0.05) is 23.3 Å². The number of esters is 1. The molecule has 24 heavy (non-hydrogen) atoms. The monoisotopic (exact) mass is 342 g/mol. The lowest BCUT2D eigenvalue weighted by Gasteiger charge is -2.14. The van der Waals surface area contributed by atoms with Crippen molar-refractivity contribution < 1.29 is 13.9 Å². The molecule has 0 heterocycles. The van der Waals surface area contributed by atoms with E-state index >= 15 is 0 Å². The van der Waals surface area contributed by atoms with Gasteiger partial charge >= 0.3 is 5.97 Å². The maximum Gasteiger partial charge on any atom is 0.308 e. The second-order valence-electron chi connectivity index (χ2n) is 5.94. The third-order valence-corrected chi connectivity index (χ3v) is 5.10. The Kier molecular flexibility index (Phi) is 4.76. The molecule has 124 valence electrons. The standard InChI is InChI=1S/C20H19FO2S/c1-12-18(10-14-4-7-16(24-3)8-5-14)17-9-6-15(21)11-19(17)20(12)23-13(2)22/h4-9,11,18H,10H2,1-3H3. The summed E-state index contributed by atoms with van der Waals surface area (Å²) in [6, 6.07) is 13.2. The number of halogens is 1. The molecule has 2 aromatic rings. The van der Waals surface area contributed by atoms with Crippen molar-refractivity contribution in [1.82, 2.24) is 0 Å². The third kappa shape index (κ3) is 3.24. The van der Waals surface area contributed by atoms with Crippen molar-refractivity contribution in [1.29, 1.82) is 0 Å². The molecule has 2 aromatic carbocycles. The summed E-state index contributed by atoms with van der Waals surface area (Å²) in [6.07, 6.45) is 2.85. The van der Waals surface area contributed by atoms with Gasteiger partial charge in [0.1, 0.15) is 11.6 Å². The number of thioether (sulfide) groups is 1. The molecule has 0 aliphatic heterocycles. The Bertz CT molecular complexity index is 809. The number of carbonyl (C=O) groups excluding carboxylic acids is 1. The predicted octanol–water partition coefficient (Wildman–Crippen LogP) is 5.18. The molecule has 1 atom stereocenters. The number of hydrogen-bond donors (Lipinski definition) is 0. The first-order valence-corrected chi connectivity index (χ1v) is 9.04. The fourth-order valence-electron chi connectivity index (χ4n) is 3.17. The van der Waals surface area contributed by atoms with Crippen molar-refractivity contribution in [2.45, 2.75) is 31.1 Å². The van der Waals surface area contributed by atoms with Crippen molar-refractivity contribution in [2.75, 3.05) is 6.26 Å². The van der Waals surface area contributed by atoms with Crippen molar-refractivity contribution in [3.05, 3.63) is 70.5 Å². The van der Waals surface area contributed by atoms with Gasteiger partial charge in [-0.3, -0.25) is 4.79 Å². The first-order valence-electron chi connectivity index (χ1n) is 7.81. The molecule has 0 saturated carbocycles. The number of ether oxygens (including phenoxy) is 1. The van der Waals surface area contributed by atoms with Gasteiger partial charge in [0.2, 0.25) is 0 Å². The van der Waals surface area contributed by atoms with E-state index in [0.717, 1.165) is 17.6 Å². The minimum Gasteiger partial charge on any atom is -0.426 e. The van der Waals surface area contributed by atoms with E-state index in [1.54, 1.807) is 17.8 Å². The number of carbonyl (C=O) groups is 1. The van der Waals surface area contributed by atoms with E-state index in [1.165, 1.54) is 29.5 Å². The fraction of sp³-hybridized carbons (Fsp3) is 0.250. The van der Waals surface area contributed by atoms with Gasteiger partial charge in [-0.25, -0.2) is 4.39 Å². The van der Waals surface area contributed by atoms with Gasteiger partial charge in [0.05, 0.1) is 0 Å². The second kappa shape index (κ2) is 6.81. The van der Waals surface area contributed by atoms with Crippen LogP contribution >= 0.6 is 11.8 Å². The van der Waals surface area contributed by atoms with Gasteiger partial charge in [-0.1, -0.05) is 18.2 Å². The number of benzene rings is 2. The lowest BCUT2D eigenvalue weighted by molar-refractivity contribution is -0.134. The highest BCUT2D eigenvalue weighted by atomic mass is 32.2. The zero-order valence-electron chi connectivity index (χ0n) is 13.9. The SMILES string of the molecule is CSc1ccc(CC2C(C)=C(OC(C)=O)c3cc(F)ccc32)cc1. The number of hydrogen-bond acceptors (Lipinski definition) is 3. The smallest absolute Gasteiger partial charge is 0.308 e. The van der Waals surface area contributed by atoms with Crippen LogP contribution in [-0.4, -0.2) is 12.2 Å². The van der Waals surface area contributed by atoms with Crippen molar-refractivity contribution >= 4 is 23.5 Å².